The standard InChI is InChI=1S/C21H24ClN5O3S/c1-13-12-30-8-7-27(13)18-11-16(21(2)5-3-9-31(21,28)29)24-20(26-18)15-10-17(22)25-19-14(15)4-6-23-19/h4,6,10-11,13H,3,5,7-9,12H2,1-2H3,(H,23,25)/t13-,21+/m1/s1. The Hall–Kier alpha value is -2.23. The Balaban J connectivity index is 1.75. The minimum Gasteiger partial charge on any atom is -0.377 e. The number of nitrogens with one attached hydrogen (secondary N) is 1. The molecule has 0 radical (unpaired) electrons. The zero-order chi connectivity index (χ0) is 21.8. The van der Waals surface area contributed by atoms with Crippen molar-refractivity contribution in [2.24, 2.45) is 0 Å². The number of hydrogen-bond donors (Lipinski definition) is 1. The average Bonchev–Trinajstić information content (AvgIpc) is 3.31. The lowest BCUT2D eigenvalue weighted by atomic mass is 10.0. The predicted molar refractivity (Wildman–Crippen MR) is 120 cm³/mol. The first kappa shape index (κ1) is 20.7. The van der Waals surface area contributed by atoms with E-state index in [0.717, 1.165) is 10.9 Å². The maximum absolute atomic E-state index is 13.0. The minimum atomic E-state index is -3.32. The van der Waals surface area contributed by atoms with Crippen LogP contribution in [0.3, 0.4) is 0 Å². The molecule has 5 rings (SSSR count). The minimum absolute atomic E-state index is 0.116. The van der Waals surface area contributed by atoms with E-state index in [-0.39, 0.29) is 11.8 Å². The lowest BCUT2D eigenvalue weighted by Crippen LogP contribution is -2.44. The van der Waals surface area contributed by atoms with Gasteiger partial charge in [-0.25, -0.2) is 23.4 Å². The predicted octanol–water partition coefficient (Wildman–Crippen LogP) is 3.32. The topological polar surface area (TPSA) is 101 Å². The normalized spacial score (nSPS) is 25.9. The number of sulfone groups is 1. The number of aromatic amines is 1. The summed E-state index contributed by atoms with van der Waals surface area (Å²) in [5, 5.41) is 1.15. The molecule has 164 valence electrons. The molecule has 2 atom stereocenters. The molecule has 31 heavy (non-hydrogen) atoms. The maximum Gasteiger partial charge on any atom is 0.162 e. The lowest BCUT2D eigenvalue weighted by molar-refractivity contribution is 0.0985. The highest BCUT2D eigenvalue weighted by Gasteiger charge is 2.46. The van der Waals surface area contributed by atoms with Crippen LogP contribution in [0, 0.1) is 0 Å². The van der Waals surface area contributed by atoms with Crippen LogP contribution in [0.4, 0.5) is 5.82 Å². The molecule has 0 aliphatic carbocycles. The van der Waals surface area contributed by atoms with Gasteiger partial charge in [0.25, 0.3) is 0 Å². The van der Waals surface area contributed by atoms with Crippen molar-refractivity contribution < 1.29 is 13.2 Å². The number of morpholine rings is 1. The van der Waals surface area contributed by atoms with Crippen LogP contribution >= 0.6 is 11.6 Å². The van der Waals surface area contributed by atoms with E-state index in [1.807, 2.05) is 12.1 Å². The van der Waals surface area contributed by atoms with Gasteiger partial charge >= 0.3 is 0 Å². The van der Waals surface area contributed by atoms with Crippen LogP contribution in [0.1, 0.15) is 32.4 Å². The summed E-state index contributed by atoms with van der Waals surface area (Å²) in [7, 11) is -3.32. The second-order valence-electron chi connectivity index (χ2n) is 8.44. The van der Waals surface area contributed by atoms with E-state index in [1.54, 1.807) is 19.2 Å². The van der Waals surface area contributed by atoms with Gasteiger partial charge in [-0.15, -0.1) is 0 Å². The summed E-state index contributed by atoms with van der Waals surface area (Å²) in [6.45, 7) is 5.71. The Morgan fingerprint density at radius 1 is 1.29 bits per heavy atom. The molecular weight excluding hydrogens is 438 g/mol. The second-order valence-corrected chi connectivity index (χ2v) is 11.4. The largest absolute Gasteiger partial charge is 0.377 e. The molecule has 0 spiro atoms. The molecule has 2 saturated heterocycles. The molecule has 10 heteroatoms. The van der Waals surface area contributed by atoms with Crippen molar-refractivity contribution in [2.45, 2.75) is 37.5 Å². The summed E-state index contributed by atoms with van der Waals surface area (Å²) in [4.78, 5) is 19.2. The van der Waals surface area contributed by atoms with E-state index >= 15 is 0 Å². The molecule has 3 aromatic heterocycles. The number of hydrogen-bond acceptors (Lipinski definition) is 7. The molecule has 0 bridgehead atoms. The fourth-order valence-electron chi connectivity index (χ4n) is 4.50. The summed E-state index contributed by atoms with van der Waals surface area (Å²) in [6.07, 6.45) is 2.96. The number of nitrogens with zero attached hydrogens (tertiary/aromatic N) is 4. The Kier molecular flexibility index (Phi) is 4.95. The molecule has 0 aromatic carbocycles. The average molecular weight is 462 g/mol. The fourth-order valence-corrected chi connectivity index (χ4v) is 6.55. The Morgan fingerprint density at radius 2 is 2.13 bits per heavy atom. The number of pyridine rings is 1. The highest BCUT2D eigenvalue weighted by molar-refractivity contribution is 7.92. The second kappa shape index (κ2) is 7.43. The Morgan fingerprint density at radius 3 is 2.87 bits per heavy atom. The summed E-state index contributed by atoms with van der Waals surface area (Å²) >= 11 is 6.27. The van der Waals surface area contributed by atoms with Crippen molar-refractivity contribution in [1.29, 1.82) is 0 Å². The van der Waals surface area contributed by atoms with Crippen LogP contribution in [0.5, 0.6) is 0 Å². The van der Waals surface area contributed by atoms with Gasteiger partial charge in [0.15, 0.2) is 15.7 Å². The first-order valence-corrected chi connectivity index (χ1v) is 12.4. The van der Waals surface area contributed by atoms with Gasteiger partial charge in [-0.05, 0) is 38.8 Å². The lowest BCUT2D eigenvalue weighted by Gasteiger charge is -2.35. The highest BCUT2D eigenvalue weighted by Crippen LogP contribution is 2.42. The summed E-state index contributed by atoms with van der Waals surface area (Å²) in [6, 6.07) is 5.58. The van der Waals surface area contributed by atoms with Crippen molar-refractivity contribution in [3.05, 3.63) is 35.2 Å². The van der Waals surface area contributed by atoms with Gasteiger partial charge in [-0.2, -0.15) is 0 Å². The van der Waals surface area contributed by atoms with Gasteiger partial charge in [-0.3, -0.25) is 0 Å². The maximum atomic E-state index is 13.0. The van der Waals surface area contributed by atoms with E-state index < -0.39 is 14.6 Å². The summed E-state index contributed by atoms with van der Waals surface area (Å²) < 4.78 is 30.5. The van der Waals surface area contributed by atoms with Gasteiger partial charge in [0.05, 0.1) is 30.7 Å². The van der Waals surface area contributed by atoms with Crippen LogP contribution in [-0.4, -0.2) is 59.9 Å². The third-order valence-electron chi connectivity index (χ3n) is 6.41. The molecule has 0 unspecified atom stereocenters. The van der Waals surface area contributed by atoms with E-state index in [2.05, 4.69) is 21.8 Å². The van der Waals surface area contributed by atoms with E-state index in [1.165, 1.54) is 0 Å². The number of anilines is 1. The SMILES string of the molecule is C[C@@H]1COCCN1c1cc([C@]2(C)CCCS2(=O)=O)nc(-c2cc(Cl)nc3[nH]ccc23)n1. The third kappa shape index (κ3) is 3.39. The zero-order valence-electron chi connectivity index (χ0n) is 17.4. The van der Waals surface area contributed by atoms with E-state index in [9.17, 15) is 8.42 Å². The molecule has 0 amide bonds. The molecule has 2 aliphatic heterocycles. The molecule has 1 N–H and O–H groups in total. The molecular formula is C21H24ClN5O3S. The van der Waals surface area contributed by atoms with Crippen LogP contribution in [0.15, 0.2) is 24.4 Å². The molecule has 2 aliphatic rings. The molecule has 0 saturated carbocycles. The van der Waals surface area contributed by atoms with Crippen LogP contribution in [0.2, 0.25) is 5.15 Å². The van der Waals surface area contributed by atoms with Gasteiger partial charge in [0, 0.05) is 29.8 Å². The van der Waals surface area contributed by atoms with Crippen molar-refractivity contribution in [1.82, 2.24) is 19.9 Å². The highest BCUT2D eigenvalue weighted by atomic mass is 35.5. The zero-order valence-corrected chi connectivity index (χ0v) is 19.0. The van der Waals surface area contributed by atoms with Crippen molar-refractivity contribution in [3.63, 3.8) is 0 Å². The van der Waals surface area contributed by atoms with Gasteiger partial charge < -0.3 is 14.6 Å². The van der Waals surface area contributed by atoms with Gasteiger partial charge in [0.1, 0.15) is 21.4 Å². The quantitative estimate of drug-likeness (QED) is 0.597. The smallest absolute Gasteiger partial charge is 0.162 e. The van der Waals surface area contributed by atoms with Gasteiger partial charge in [0.2, 0.25) is 0 Å². The third-order valence-corrected chi connectivity index (χ3v) is 9.21. The van der Waals surface area contributed by atoms with Crippen molar-refractivity contribution in [2.75, 3.05) is 30.4 Å². The molecule has 3 aromatic rings. The first-order chi connectivity index (χ1) is 14.8. The Labute approximate surface area is 185 Å². The molecule has 2 fully saturated rings. The number of rotatable bonds is 3. The summed E-state index contributed by atoms with van der Waals surface area (Å²) in [5.41, 5.74) is 1.89. The fraction of sp³-hybridized carbons (Fsp3) is 0.476. The summed E-state index contributed by atoms with van der Waals surface area (Å²) in [5.74, 6) is 1.33. The van der Waals surface area contributed by atoms with Crippen LogP contribution in [-0.2, 0) is 19.3 Å². The number of fused-ring (bicyclic) bond motifs is 1. The first-order valence-electron chi connectivity index (χ1n) is 10.4. The van der Waals surface area contributed by atoms with Crippen molar-refractivity contribution >= 4 is 38.3 Å². The number of halogens is 1. The number of H-pyrrole nitrogens is 1. The molecule has 5 heterocycles. The number of ether oxygens (including phenoxy) is 1. The van der Waals surface area contributed by atoms with Crippen LogP contribution in [0.25, 0.3) is 22.4 Å². The van der Waals surface area contributed by atoms with Crippen LogP contribution < -0.4 is 4.90 Å². The number of aromatic nitrogens is 4. The Bertz CT molecular complexity index is 1260. The molecule has 8 nitrogen and oxygen atoms in total. The monoisotopic (exact) mass is 461 g/mol. The van der Waals surface area contributed by atoms with Crippen molar-refractivity contribution in [3.8, 4) is 11.4 Å². The van der Waals surface area contributed by atoms with E-state index in [0.29, 0.717) is 60.7 Å². The van der Waals surface area contributed by atoms with E-state index in [4.69, 9.17) is 26.3 Å². The van der Waals surface area contributed by atoms with Gasteiger partial charge in [-0.1, -0.05) is 11.6 Å².